The Balaban J connectivity index is 1.75. The van der Waals surface area contributed by atoms with Gasteiger partial charge in [-0.15, -0.1) is 0 Å². The highest BCUT2D eigenvalue weighted by Crippen LogP contribution is 2.33. The van der Waals surface area contributed by atoms with Crippen LogP contribution in [0.3, 0.4) is 0 Å². The monoisotopic (exact) mass is 360 g/mol. The Hall–Kier alpha value is -2.12. The Bertz CT molecular complexity index is 773. The predicted molar refractivity (Wildman–Crippen MR) is 103 cm³/mol. The molecule has 1 heterocycles. The maximum Gasteiger partial charge on any atom is 0.271 e. The maximum absolute atomic E-state index is 12.0. The number of amidine groups is 1. The van der Waals surface area contributed by atoms with Crippen molar-refractivity contribution in [1.29, 1.82) is 0 Å². The number of nitrogens with zero attached hydrogens (tertiary/aromatic N) is 1. The molecule has 0 aliphatic heterocycles. The molecule has 0 atom stereocenters. The fourth-order valence-electron chi connectivity index (χ4n) is 3.28. The van der Waals surface area contributed by atoms with Gasteiger partial charge in [-0.3, -0.25) is 14.2 Å². The number of nitrogens with one attached hydrogen (secondary N) is 2. The van der Waals surface area contributed by atoms with E-state index in [2.05, 4.69) is 26.8 Å². The van der Waals surface area contributed by atoms with Crippen molar-refractivity contribution < 1.29 is 5.11 Å². The van der Waals surface area contributed by atoms with Crippen LogP contribution in [-0.2, 0) is 0 Å². The zero-order valence-electron chi connectivity index (χ0n) is 14.1. The number of hydrogen-bond acceptors (Lipinski definition) is 5. The number of hydrogen-bond donors (Lipinski definition) is 4. The number of anilines is 2. The molecule has 1 saturated carbocycles. The molecule has 5 N–H and O–H groups in total. The molecule has 6 nitrogen and oxygen atoms in total. The lowest BCUT2D eigenvalue weighted by Crippen LogP contribution is -2.23. The molecule has 3 rings (SSSR count). The van der Waals surface area contributed by atoms with Crippen LogP contribution >= 0.6 is 11.5 Å². The first kappa shape index (κ1) is 17.7. The summed E-state index contributed by atoms with van der Waals surface area (Å²) in [5.74, 6) is 0.806. The van der Waals surface area contributed by atoms with Crippen LogP contribution in [0.2, 0.25) is 0 Å². The fraction of sp³-hybridized carbons (Fsp3) is 0.444. The van der Waals surface area contributed by atoms with Gasteiger partial charge in [-0.2, -0.15) is 0 Å². The van der Waals surface area contributed by atoms with Gasteiger partial charge in [0.25, 0.3) is 5.56 Å². The quantitative estimate of drug-likeness (QED) is 0.470. The lowest BCUT2D eigenvalue weighted by atomic mass is 9.84. The van der Waals surface area contributed by atoms with Crippen molar-refractivity contribution in [2.75, 3.05) is 18.5 Å². The minimum atomic E-state index is -0.273. The molecule has 0 bridgehead atoms. The third-order valence-corrected chi connectivity index (χ3v) is 5.38. The number of benzene rings is 1. The van der Waals surface area contributed by atoms with E-state index in [9.17, 15) is 4.79 Å². The summed E-state index contributed by atoms with van der Waals surface area (Å²) in [5.41, 5.74) is 8.24. The first-order valence-electron chi connectivity index (χ1n) is 8.68. The third-order valence-electron chi connectivity index (χ3n) is 4.58. The van der Waals surface area contributed by atoms with Gasteiger partial charge in [0, 0.05) is 5.69 Å². The van der Waals surface area contributed by atoms with Gasteiger partial charge >= 0.3 is 0 Å². The van der Waals surface area contributed by atoms with E-state index >= 15 is 0 Å². The molecule has 0 spiro atoms. The third kappa shape index (κ3) is 4.29. The highest BCUT2D eigenvalue weighted by atomic mass is 32.1. The molecule has 0 unspecified atom stereocenters. The zero-order chi connectivity index (χ0) is 17.6. The minimum absolute atomic E-state index is 0.103. The molecule has 0 saturated heterocycles. The van der Waals surface area contributed by atoms with E-state index in [0.29, 0.717) is 16.5 Å². The molecule has 0 amide bonds. The Morgan fingerprint density at radius 2 is 2.00 bits per heavy atom. The van der Waals surface area contributed by atoms with Crippen molar-refractivity contribution in [3.63, 3.8) is 0 Å². The van der Waals surface area contributed by atoms with Crippen molar-refractivity contribution in [3.8, 4) is 0 Å². The molecular formula is C18H24N4O2S. The van der Waals surface area contributed by atoms with Gasteiger partial charge in [0.05, 0.1) is 13.2 Å². The first-order chi connectivity index (χ1) is 12.2. The number of aromatic nitrogens is 1. The summed E-state index contributed by atoms with van der Waals surface area (Å²) >= 11 is 1.19. The van der Waals surface area contributed by atoms with Crippen molar-refractivity contribution >= 4 is 28.1 Å². The number of aliphatic hydroxyl groups excluding tert-OH is 1. The van der Waals surface area contributed by atoms with Crippen LogP contribution < -0.4 is 16.6 Å². The average molecular weight is 360 g/mol. The summed E-state index contributed by atoms with van der Waals surface area (Å²) in [6.07, 6.45) is 6.53. The van der Waals surface area contributed by atoms with Crippen molar-refractivity contribution in [2.45, 2.75) is 38.0 Å². The molecule has 1 fully saturated rings. The van der Waals surface area contributed by atoms with E-state index in [-0.39, 0.29) is 24.5 Å². The highest BCUT2D eigenvalue weighted by Gasteiger charge is 2.17. The predicted octanol–water partition coefficient (Wildman–Crippen LogP) is 2.93. The number of aromatic amines is 1. The van der Waals surface area contributed by atoms with Crippen LogP contribution in [-0.4, -0.2) is 28.5 Å². The smallest absolute Gasteiger partial charge is 0.271 e. The highest BCUT2D eigenvalue weighted by molar-refractivity contribution is 7.10. The molecule has 1 aliphatic carbocycles. The molecular weight excluding hydrogens is 336 g/mol. The molecule has 2 aromatic rings. The first-order valence-corrected chi connectivity index (χ1v) is 9.50. The number of nitrogens with two attached hydrogens (primary N) is 1. The number of aliphatic imine (C=N–C) groups is 1. The molecule has 7 heteroatoms. The van der Waals surface area contributed by atoms with Gasteiger partial charge < -0.3 is 16.2 Å². The maximum atomic E-state index is 12.0. The standard InChI is InChI=1S/C18H24N4O2S/c19-16(20-10-11-23)15-17(24)22-25-18(15)21-14-8-6-13(7-9-14)12-4-2-1-3-5-12/h6-9,12,21,23H,1-5,10-11H2,(H2,19,20)(H,22,24). The largest absolute Gasteiger partial charge is 0.394 e. The van der Waals surface area contributed by atoms with Gasteiger partial charge in [0.15, 0.2) is 0 Å². The summed E-state index contributed by atoms with van der Waals surface area (Å²) in [6.45, 7) is 0.0742. The topological polar surface area (TPSA) is 104 Å². The molecule has 1 aromatic carbocycles. The van der Waals surface area contributed by atoms with Crippen LogP contribution in [0.15, 0.2) is 34.1 Å². The van der Waals surface area contributed by atoms with Crippen LogP contribution in [0, 0.1) is 0 Å². The summed E-state index contributed by atoms with van der Waals surface area (Å²) < 4.78 is 2.68. The molecule has 1 aromatic heterocycles. The van der Waals surface area contributed by atoms with Crippen molar-refractivity contribution in [1.82, 2.24) is 4.37 Å². The van der Waals surface area contributed by atoms with Gasteiger partial charge in [-0.25, -0.2) is 0 Å². The van der Waals surface area contributed by atoms with E-state index < -0.39 is 0 Å². The molecule has 134 valence electrons. The molecule has 1 aliphatic rings. The van der Waals surface area contributed by atoms with E-state index in [1.807, 2.05) is 12.1 Å². The second-order valence-electron chi connectivity index (χ2n) is 6.31. The Morgan fingerprint density at radius 3 is 2.68 bits per heavy atom. The SMILES string of the molecule is NC(=NCCO)c1c(Nc2ccc(C3CCCCC3)cc2)s[nH]c1=O. The normalized spacial score (nSPS) is 16.1. The van der Waals surface area contributed by atoms with Gasteiger partial charge in [-0.05, 0) is 48.0 Å². The van der Waals surface area contributed by atoms with Crippen LogP contribution in [0.1, 0.15) is 49.1 Å². The van der Waals surface area contributed by atoms with Crippen molar-refractivity contribution in [2.24, 2.45) is 10.7 Å². The Morgan fingerprint density at radius 1 is 1.28 bits per heavy atom. The lowest BCUT2D eigenvalue weighted by Gasteiger charge is -2.22. The minimum Gasteiger partial charge on any atom is -0.394 e. The van der Waals surface area contributed by atoms with E-state index in [1.165, 1.54) is 49.2 Å². The van der Waals surface area contributed by atoms with Crippen LogP contribution in [0.25, 0.3) is 0 Å². The Kier molecular flexibility index (Phi) is 5.88. The average Bonchev–Trinajstić information content (AvgIpc) is 3.01. The second-order valence-corrected chi connectivity index (χ2v) is 7.13. The van der Waals surface area contributed by atoms with E-state index in [1.54, 1.807) is 0 Å². The summed E-state index contributed by atoms with van der Waals surface area (Å²) in [7, 11) is 0. The number of rotatable bonds is 6. The van der Waals surface area contributed by atoms with Gasteiger partial charge in [0.2, 0.25) is 0 Å². The summed E-state index contributed by atoms with van der Waals surface area (Å²) in [6, 6.07) is 8.41. The lowest BCUT2D eigenvalue weighted by molar-refractivity contribution is 0.307. The van der Waals surface area contributed by atoms with Gasteiger partial charge in [-0.1, -0.05) is 31.4 Å². The second kappa shape index (κ2) is 8.31. The summed E-state index contributed by atoms with van der Waals surface area (Å²) in [5, 5.41) is 12.7. The van der Waals surface area contributed by atoms with Crippen molar-refractivity contribution in [3.05, 3.63) is 45.7 Å². The fourth-order valence-corrected chi connectivity index (χ4v) is 4.04. The van der Waals surface area contributed by atoms with Crippen LogP contribution in [0.4, 0.5) is 10.7 Å². The zero-order valence-corrected chi connectivity index (χ0v) is 14.9. The van der Waals surface area contributed by atoms with Crippen LogP contribution in [0.5, 0.6) is 0 Å². The number of H-pyrrole nitrogens is 1. The van der Waals surface area contributed by atoms with E-state index in [4.69, 9.17) is 10.8 Å². The van der Waals surface area contributed by atoms with E-state index in [0.717, 1.165) is 5.69 Å². The van der Waals surface area contributed by atoms with Gasteiger partial charge in [0.1, 0.15) is 16.4 Å². The molecule has 0 radical (unpaired) electrons. The Labute approximate surface area is 151 Å². The number of aliphatic hydroxyl groups is 1. The summed E-state index contributed by atoms with van der Waals surface area (Å²) in [4.78, 5) is 16.0. The molecule has 25 heavy (non-hydrogen) atoms.